The van der Waals surface area contributed by atoms with E-state index in [1.165, 1.54) is 12.1 Å². The average molecular weight is 343 g/mol. The lowest BCUT2D eigenvalue weighted by molar-refractivity contribution is -0.274. The second-order valence-corrected chi connectivity index (χ2v) is 4.50. The van der Waals surface area contributed by atoms with Crippen molar-refractivity contribution in [3.8, 4) is 5.75 Å². The zero-order chi connectivity index (χ0) is 17.9. The van der Waals surface area contributed by atoms with Crippen LogP contribution in [0.25, 0.3) is 0 Å². The minimum atomic E-state index is -4.92. The molecule has 5 nitrogen and oxygen atoms in total. The fourth-order valence-corrected chi connectivity index (χ4v) is 1.87. The van der Waals surface area contributed by atoms with Crippen LogP contribution in [0, 0.1) is 5.82 Å². The Balaban J connectivity index is 2.27. The molecule has 0 bridgehead atoms. The van der Waals surface area contributed by atoms with E-state index in [1.54, 1.807) is 0 Å². The number of nitrogens with one attached hydrogen (secondary N) is 1. The molecule has 126 valence electrons. The number of carboxylic acid groups (broad SMARTS) is 1. The summed E-state index contributed by atoms with van der Waals surface area (Å²) in [6.07, 6.45) is -4.92. The summed E-state index contributed by atoms with van der Waals surface area (Å²) in [5.74, 6) is -4.20. The highest BCUT2D eigenvalue weighted by Crippen LogP contribution is 2.24. The van der Waals surface area contributed by atoms with Gasteiger partial charge in [-0.25, -0.2) is 9.18 Å². The predicted molar refractivity (Wildman–Crippen MR) is 74.4 cm³/mol. The van der Waals surface area contributed by atoms with Crippen LogP contribution in [0.3, 0.4) is 0 Å². The molecule has 0 aromatic heterocycles. The summed E-state index contributed by atoms with van der Waals surface area (Å²) in [7, 11) is 0. The van der Waals surface area contributed by atoms with Gasteiger partial charge in [-0.3, -0.25) is 4.79 Å². The van der Waals surface area contributed by atoms with Crippen LogP contribution in [0.15, 0.2) is 42.5 Å². The Labute approximate surface area is 132 Å². The number of hydrogen-bond donors (Lipinski definition) is 2. The zero-order valence-corrected chi connectivity index (χ0v) is 11.7. The summed E-state index contributed by atoms with van der Waals surface area (Å²) < 4.78 is 53.7. The van der Waals surface area contributed by atoms with Crippen molar-refractivity contribution in [1.82, 2.24) is 0 Å². The van der Waals surface area contributed by atoms with Crippen LogP contribution in [0.4, 0.5) is 23.2 Å². The van der Waals surface area contributed by atoms with E-state index in [0.717, 1.165) is 30.3 Å². The van der Waals surface area contributed by atoms with Crippen LogP contribution in [0.2, 0.25) is 0 Å². The first-order chi connectivity index (χ1) is 11.2. The first kappa shape index (κ1) is 17.3. The fraction of sp³-hybridized carbons (Fsp3) is 0.0667. The number of halogens is 4. The molecule has 0 aliphatic rings. The van der Waals surface area contributed by atoms with Gasteiger partial charge in [0.15, 0.2) is 0 Å². The molecule has 1 amide bonds. The first-order valence-corrected chi connectivity index (χ1v) is 6.36. The van der Waals surface area contributed by atoms with Gasteiger partial charge in [0.2, 0.25) is 0 Å². The number of benzene rings is 2. The van der Waals surface area contributed by atoms with Crippen LogP contribution >= 0.6 is 0 Å². The van der Waals surface area contributed by atoms with Gasteiger partial charge in [0.1, 0.15) is 17.1 Å². The van der Waals surface area contributed by atoms with Crippen LogP contribution in [0.5, 0.6) is 5.75 Å². The van der Waals surface area contributed by atoms with E-state index in [1.807, 2.05) is 0 Å². The maximum absolute atomic E-state index is 13.5. The second-order valence-electron chi connectivity index (χ2n) is 4.50. The van der Waals surface area contributed by atoms with Gasteiger partial charge >= 0.3 is 12.3 Å². The largest absolute Gasteiger partial charge is 0.573 e. The van der Waals surface area contributed by atoms with Gasteiger partial charge in [-0.15, -0.1) is 13.2 Å². The molecule has 0 fully saturated rings. The van der Waals surface area contributed by atoms with Crippen molar-refractivity contribution in [3.05, 3.63) is 59.4 Å². The lowest BCUT2D eigenvalue weighted by Crippen LogP contribution is -2.18. The third-order valence-electron chi connectivity index (χ3n) is 2.81. The lowest BCUT2D eigenvalue weighted by atomic mass is 10.1. The van der Waals surface area contributed by atoms with Gasteiger partial charge in [0.25, 0.3) is 5.91 Å². The van der Waals surface area contributed by atoms with Crippen molar-refractivity contribution in [2.75, 3.05) is 5.32 Å². The number of alkyl halides is 3. The van der Waals surface area contributed by atoms with Crippen LogP contribution in [-0.2, 0) is 0 Å². The molecule has 0 saturated heterocycles. The van der Waals surface area contributed by atoms with E-state index in [4.69, 9.17) is 5.11 Å². The molecule has 0 heterocycles. The smallest absolute Gasteiger partial charge is 0.478 e. The molecule has 2 aromatic rings. The van der Waals surface area contributed by atoms with Gasteiger partial charge in [-0.05, 0) is 30.3 Å². The Morgan fingerprint density at radius 2 is 1.75 bits per heavy atom. The van der Waals surface area contributed by atoms with Crippen molar-refractivity contribution < 1.29 is 37.0 Å². The highest BCUT2D eigenvalue weighted by molar-refractivity contribution is 6.07. The topological polar surface area (TPSA) is 75.6 Å². The third-order valence-corrected chi connectivity index (χ3v) is 2.81. The van der Waals surface area contributed by atoms with E-state index >= 15 is 0 Å². The van der Waals surface area contributed by atoms with E-state index in [2.05, 4.69) is 10.1 Å². The molecule has 0 spiro atoms. The Hall–Kier alpha value is -3.10. The second kappa shape index (κ2) is 6.57. The van der Waals surface area contributed by atoms with E-state index in [9.17, 15) is 27.2 Å². The van der Waals surface area contributed by atoms with Crippen molar-refractivity contribution >= 4 is 17.6 Å². The maximum atomic E-state index is 13.5. The van der Waals surface area contributed by atoms with E-state index in [-0.39, 0.29) is 11.3 Å². The van der Waals surface area contributed by atoms with Gasteiger partial charge in [-0.2, -0.15) is 0 Å². The molecule has 0 unspecified atom stereocenters. The van der Waals surface area contributed by atoms with Gasteiger partial charge in [0, 0.05) is 5.56 Å². The molecule has 0 radical (unpaired) electrons. The number of aromatic carboxylic acids is 1. The van der Waals surface area contributed by atoms with E-state index in [0.29, 0.717) is 0 Å². The third kappa shape index (κ3) is 4.22. The number of ether oxygens (including phenoxy) is 1. The number of anilines is 1. The minimum absolute atomic E-state index is 0.225. The molecular formula is C15H9F4NO4. The molecule has 0 aliphatic carbocycles. The van der Waals surface area contributed by atoms with Crippen LogP contribution in [-0.4, -0.2) is 23.3 Å². The van der Waals surface area contributed by atoms with E-state index < -0.39 is 35.4 Å². The number of carbonyl (C=O) groups excluding carboxylic acids is 1. The molecule has 0 atom stereocenters. The quantitative estimate of drug-likeness (QED) is 0.831. The summed E-state index contributed by atoms with van der Waals surface area (Å²) in [6, 6.07) is 7.40. The molecule has 9 heteroatoms. The Morgan fingerprint density at radius 3 is 2.38 bits per heavy atom. The number of carboxylic acids is 1. The van der Waals surface area contributed by atoms with Crippen molar-refractivity contribution in [2.24, 2.45) is 0 Å². The molecular weight excluding hydrogens is 334 g/mol. The maximum Gasteiger partial charge on any atom is 0.573 e. The molecule has 24 heavy (non-hydrogen) atoms. The average Bonchev–Trinajstić information content (AvgIpc) is 2.45. The Morgan fingerprint density at radius 1 is 1.08 bits per heavy atom. The summed E-state index contributed by atoms with van der Waals surface area (Å²) in [5, 5.41) is 11.1. The SMILES string of the molecule is O=C(Nc1cccc(F)c1C(=O)O)c1cccc(OC(F)(F)F)c1. The van der Waals surface area contributed by atoms with Crippen molar-refractivity contribution in [1.29, 1.82) is 0 Å². The monoisotopic (exact) mass is 343 g/mol. The lowest BCUT2D eigenvalue weighted by Gasteiger charge is -2.11. The fourth-order valence-electron chi connectivity index (χ4n) is 1.87. The predicted octanol–water partition coefficient (Wildman–Crippen LogP) is 3.67. The zero-order valence-electron chi connectivity index (χ0n) is 11.7. The normalized spacial score (nSPS) is 11.0. The first-order valence-electron chi connectivity index (χ1n) is 6.36. The highest BCUT2D eigenvalue weighted by atomic mass is 19.4. The summed E-state index contributed by atoms with van der Waals surface area (Å²) in [5.41, 5.74) is -1.31. The Kier molecular flexibility index (Phi) is 4.72. The van der Waals surface area contributed by atoms with Crippen LogP contribution < -0.4 is 10.1 Å². The summed E-state index contributed by atoms with van der Waals surface area (Å²) in [6.45, 7) is 0. The van der Waals surface area contributed by atoms with Gasteiger partial charge < -0.3 is 15.2 Å². The molecule has 2 N–H and O–H groups in total. The highest BCUT2D eigenvalue weighted by Gasteiger charge is 2.31. The van der Waals surface area contributed by atoms with Crippen molar-refractivity contribution in [2.45, 2.75) is 6.36 Å². The number of rotatable bonds is 4. The molecule has 0 saturated carbocycles. The minimum Gasteiger partial charge on any atom is -0.478 e. The van der Waals surface area contributed by atoms with Gasteiger partial charge in [-0.1, -0.05) is 12.1 Å². The number of carbonyl (C=O) groups is 2. The number of amides is 1. The molecule has 2 rings (SSSR count). The summed E-state index contributed by atoms with van der Waals surface area (Å²) >= 11 is 0. The number of hydrogen-bond acceptors (Lipinski definition) is 3. The van der Waals surface area contributed by atoms with Crippen molar-refractivity contribution in [3.63, 3.8) is 0 Å². The molecule has 2 aromatic carbocycles. The summed E-state index contributed by atoms with van der Waals surface area (Å²) in [4.78, 5) is 23.1. The standard InChI is InChI=1S/C15H9F4NO4/c16-10-5-2-6-11(12(10)14(22)23)20-13(21)8-3-1-4-9(7-8)24-15(17,18)19/h1-7H,(H,20,21)(H,22,23). The van der Waals surface area contributed by atoms with Gasteiger partial charge in [0.05, 0.1) is 5.69 Å². The Bertz CT molecular complexity index is 789. The van der Waals surface area contributed by atoms with Crippen LogP contribution in [0.1, 0.15) is 20.7 Å². The molecule has 0 aliphatic heterocycles.